The number of benzene rings is 1. The van der Waals surface area contributed by atoms with E-state index in [1.807, 2.05) is 42.3 Å². The number of likely N-dealkylation sites (N-methyl/N-ethyl adjacent to an activating group) is 1. The number of carbonyl (C=O) groups excluding carboxylic acids is 1. The SMILES string of the molecule is C.C=C(/C=C(/C(C)C)N(C)CC(C)=O)c1ccc(OC)cc1.C=CN=C(/C=C(\C)N1CCC#CCC1)OC. The van der Waals surface area contributed by atoms with Crippen molar-refractivity contribution in [1.82, 2.24) is 9.80 Å². The van der Waals surface area contributed by atoms with E-state index in [9.17, 15) is 4.79 Å². The molecule has 2 rings (SSSR count). The van der Waals surface area contributed by atoms with E-state index in [1.165, 1.54) is 6.20 Å². The lowest BCUT2D eigenvalue weighted by atomic mass is 10.0. The van der Waals surface area contributed by atoms with Crippen molar-refractivity contribution in [3.63, 3.8) is 0 Å². The van der Waals surface area contributed by atoms with Crippen LogP contribution in [0.15, 0.2) is 72.2 Å². The molecular formula is C32H47N3O3. The smallest absolute Gasteiger partial charge is 0.214 e. The minimum absolute atomic E-state index is 0. The van der Waals surface area contributed by atoms with Crippen LogP contribution in [0, 0.1) is 17.8 Å². The molecule has 6 nitrogen and oxygen atoms in total. The molecule has 1 heterocycles. The summed E-state index contributed by atoms with van der Waals surface area (Å²) in [5.74, 6) is 8.14. The van der Waals surface area contributed by atoms with E-state index in [2.05, 4.69) is 61.7 Å². The summed E-state index contributed by atoms with van der Waals surface area (Å²) in [6.07, 6.45) is 7.30. The van der Waals surface area contributed by atoms with Gasteiger partial charge in [0, 0.05) is 56.6 Å². The average Bonchev–Trinajstić information content (AvgIpc) is 3.16. The number of ether oxygens (including phenoxy) is 2. The van der Waals surface area contributed by atoms with E-state index in [4.69, 9.17) is 9.47 Å². The molecule has 0 saturated carbocycles. The molecular weight excluding hydrogens is 474 g/mol. The van der Waals surface area contributed by atoms with Crippen molar-refractivity contribution >= 4 is 17.3 Å². The number of aliphatic imine (C=N–C) groups is 1. The van der Waals surface area contributed by atoms with Crippen LogP contribution in [0.2, 0.25) is 0 Å². The highest BCUT2D eigenvalue weighted by Crippen LogP contribution is 2.23. The number of nitrogens with zero attached hydrogens (tertiary/aromatic N) is 3. The molecule has 6 heteroatoms. The molecule has 0 radical (unpaired) electrons. The number of carbonyl (C=O) groups is 1. The molecule has 0 bridgehead atoms. The number of allylic oxidation sites excluding steroid dienone is 4. The van der Waals surface area contributed by atoms with Gasteiger partial charge in [0.25, 0.3) is 0 Å². The van der Waals surface area contributed by atoms with Crippen LogP contribution >= 0.6 is 0 Å². The second kappa shape index (κ2) is 18.5. The van der Waals surface area contributed by atoms with Crippen LogP contribution in [0.5, 0.6) is 5.75 Å². The monoisotopic (exact) mass is 521 g/mol. The van der Waals surface area contributed by atoms with Gasteiger partial charge in [-0.25, -0.2) is 4.99 Å². The first-order chi connectivity index (χ1) is 17.6. The Kier molecular flexibility index (Phi) is 16.7. The number of ketones is 1. The fraction of sp³-hybridized carbons (Fsp3) is 0.438. The summed E-state index contributed by atoms with van der Waals surface area (Å²) >= 11 is 0. The van der Waals surface area contributed by atoms with Gasteiger partial charge in [-0.2, -0.15) is 0 Å². The van der Waals surface area contributed by atoms with Gasteiger partial charge in [0.2, 0.25) is 5.90 Å². The van der Waals surface area contributed by atoms with Gasteiger partial charge in [0.1, 0.15) is 11.5 Å². The molecule has 0 aromatic heterocycles. The number of Topliss-reactive ketones (excluding diaryl/α,β-unsaturated/α-hetero) is 1. The molecule has 0 N–H and O–H groups in total. The van der Waals surface area contributed by atoms with Crippen LogP contribution in [-0.2, 0) is 9.53 Å². The predicted octanol–water partition coefficient (Wildman–Crippen LogP) is 6.58. The zero-order valence-corrected chi connectivity index (χ0v) is 23.6. The molecule has 0 saturated heterocycles. The van der Waals surface area contributed by atoms with Gasteiger partial charge in [-0.15, -0.1) is 11.8 Å². The first-order valence-corrected chi connectivity index (χ1v) is 12.5. The van der Waals surface area contributed by atoms with Gasteiger partial charge in [0.05, 0.1) is 20.8 Å². The summed E-state index contributed by atoms with van der Waals surface area (Å²) < 4.78 is 10.3. The summed E-state index contributed by atoms with van der Waals surface area (Å²) in [5, 5.41) is 0. The van der Waals surface area contributed by atoms with Crippen LogP contribution in [0.3, 0.4) is 0 Å². The van der Waals surface area contributed by atoms with Crippen LogP contribution in [0.4, 0.5) is 0 Å². The van der Waals surface area contributed by atoms with Gasteiger partial charge in [-0.1, -0.05) is 46.6 Å². The number of methoxy groups -OCH3 is 2. The van der Waals surface area contributed by atoms with Crippen molar-refractivity contribution in [2.75, 3.05) is 40.9 Å². The minimum Gasteiger partial charge on any atom is -0.497 e. The Bertz CT molecular complexity index is 1040. The molecule has 0 aliphatic carbocycles. The van der Waals surface area contributed by atoms with E-state index in [-0.39, 0.29) is 13.2 Å². The quantitative estimate of drug-likeness (QED) is 0.151. The zero-order valence-electron chi connectivity index (χ0n) is 23.6. The Hall–Kier alpha value is -3.72. The lowest BCUT2D eigenvalue weighted by Crippen LogP contribution is -2.26. The Morgan fingerprint density at radius 3 is 2.16 bits per heavy atom. The summed E-state index contributed by atoms with van der Waals surface area (Å²) in [7, 11) is 5.20. The van der Waals surface area contributed by atoms with Gasteiger partial charge >= 0.3 is 0 Å². The van der Waals surface area contributed by atoms with Crippen LogP contribution < -0.4 is 4.74 Å². The Morgan fingerprint density at radius 1 is 1.13 bits per heavy atom. The molecule has 0 fully saturated rings. The fourth-order valence-electron chi connectivity index (χ4n) is 3.74. The fourth-order valence-corrected chi connectivity index (χ4v) is 3.74. The largest absolute Gasteiger partial charge is 0.497 e. The number of rotatable bonds is 10. The third-order valence-electron chi connectivity index (χ3n) is 5.67. The van der Waals surface area contributed by atoms with Crippen molar-refractivity contribution in [3.05, 3.63) is 72.7 Å². The molecule has 0 atom stereocenters. The molecule has 208 valence electrons. The van der Waals surface area contributed by atoms with Crippen molar-refractivity contribution in [2.24, 2.45) is 10.9 Å². The van der Waals surface area contributed by atoms with Crippen LogP contribution in [0.1, 0.15) is 53.5 Å². The highest BCUT2D eigenvalue weighted by molar-refractivity contribution is 5.88. The highest BCUT2D eigenvalue weighted by atomic mass is 16.5. The van der Waals surface area contributed by atoms with Gasteiger partial charge in [-0.05, 0) is 49.1 Å². The maximum absolute atomic E-state index is 11.3. The zero-order chi connectivity index (χ0) is 27.8. The Balaban J connectivity index is 0.000000726. The van der Waals surface area contributed by atoms with Crippen LogP contribution in [0.25, 0.3) is 5.57 Å². The predicted molar refractivity (Wildman–Crippen MR) is 162 cm³/mol. The van der Waals surface area contributed by atoms with Crippen molar-refractivity contribution in [2.45, 2.75) is 48.0 Å². The van der Waals surface area contributed by atoms with E-state index < -0.39 is 0 Å². The summed E-state index contributed by atoms with van der Waals surface area (Å²) in [4.78, 5) is 19.6. The van der Waals surface area contributed by atoms with Crippen molar-refractivity contribution < 1.29 is 14.3 Å². The third-order valence-corrected chi connectivity index (χ3v) is 5.67. The lowest BCUT2D eigenvalue weighted by Gasteiger charge is -2.25. The summed E-state index contributed by atoms with van der Waals surface area (Å²) in [6.45, 7) is 17.9. The molecule has 1 aromatic carbocycles. The first-order valence-electron chi connectivity index (χ1n) is 12.5. The molecule has 0 amide bonds. The Morgan fingerprint density at radius 2 is 1.71 bits per heavy atom. The van der Waals surface area contributed by atoms with Crippen molar-refractivity contribution in [3.8, 4) is 17.6 Å². The highest BCUT2D eigenvalue weighted by Gasteiger charge is 2.12. The molecule has 1 aliphatic heterocycles. The molecule has 38 heavy (non-hydrogen) atoms. The maximum atomic E-state index is 11.3. The molecule has 0 spiro atoms. The Labute approximate surface area is 231 Å². The minimum atomic E-state index is 0. The standard InChI is InChI=1S/C18H25NO2.C13H18N2O.CH4/c1-13(2)18(19(5)12-15(4)20)11-14(3)16-7-9-17(21-6)10-8-16;1-4-14-13(16-3)11-12(2)15-9-7-5-6-8-10-15;/h7-11,13H,3,12H2,1-2,4-6H3;4,11H,1,7-10H2,2-3H3;1H4/b18-11-;12-11+,14-13?;. The average molecular weight is 522 g/mol. The molecule has 0 unspecified atom stereocenters. The second-order valence-electron chi connectivity index (χ2n) is 9.02. The van der Waals surface area contributed by atoms with E-state index in [0.29, 0.717) is 18.4 Å². The topological polar surface area (TPSA) is 54.4 Å². The maximum Gasteiger partial charge on any atom is 0.214 e. The van der Waals surface area contributed by atoms with Crippen molar-refractivity contribution in [1.29, 1.82) is 0 Å². The number of hydrogen-bond donors (Lipinski definition) is 0. The third kappa shape index (κ3) is 12.5. The summed E-state index contributed by atoms with van der Waals surface area (Å²) in [5.41, 5.74) is 4.22. The molecule has 1 aromatic rings. The van der Waals surface area contributed by atoms with E-state index in [1.54, 1.807) is 21.1 Å². The van der Waals surface area contributed by atoms with E-state index >= 15 is 0 Å². The second-order valence-corrected chi connectivity index (χ2v) is 9.02. The number of hydrogen-bond acceptors (Lipinski definition) is 6. The normalized spacial score (nSPS) is 13.6. The first kappa shape index (κ1) is 34.3. The van der Waals surface area contributed by atoms with Crippen LogP contribution in [-0.4, -0.2) is 62.4 Å². The molecule has 1 aliphatic rings. The lowest BCUT2D eigenvalue weighted by molar-refractivity contribution is -0.117. The summed E-state index contributed by atoms with van der Waals surface area (Å²) in [6, 6.07) is 7.81. The van der Waals surface area contributed by atoms with Gasteiger partial charge < -0.3 is 19.3 Å². The van der Waals surface area contributed by atoms with Gasteiger partial charge in [0.15, 0.2) is 0 Å². The van der Waals surface area contributed by atoms with E-state index in [0.717, 1.165) is 54.2 Å². The van der Waals surface area contributed by atoms with Gasteiger partial charge in [-0.3, -0.25) is 4.79 Å².